The molecular weight excluding hydrogens is 338 g/mol. The van der Waals surface area contributed by atoms with Crippen molar-refractivity contribution in [3.8, 4) is 5.75 Å². The molecule has 1 saturated carbocycles. The molecule has 1 aromatic heterocycles. The minimum absolute atomic E-state index is 0.0215. The highest BCUT2D eigenvalue weighted by Crippen LogP contribution is 2.42. The Labute approximate surface area is 149 Å². The van der Waals surface area contributed by atoms with Crippen LogP contribution < -0.4 is 26.0 Å². The van der Waals surface area contributed by atoms with Crippen molar-refractivity contribution in [3.63, 3.8) is 0 Å². The van der Waals surface area contributed by atoms with Gasteiger partial charge in [0.1, 0.15) is 17.1 Å². The number of aromatic nitrogens is 1. The summed E-state index contributed by atoms with van der Waals surface area (Å²) < 4.78 is 11.3. The topological polar surface area (TPSA) is 114 Å². The first-order valence-corrected chi connectivity index (χ1v) is 8.35. The van der Waals surface area contributed by atoms with Crippen molar-refractivity contribution >= 4 is 23.3 Å². The number of dihydropyridines is 1. The third-order valence-electron chi connectivity index (χ3n) is 4.39. The quantitative estimate of drug-likeness (QED) is 0.633. The summed E-state index contributed by atoms with van der Waals surface area (Å²) in [6, 6.07) is 0. The maximum Gasteiger partial charge on any atom is 0.254 e. The summed E-state index contributed by atoms with van der Waals surface area (Å²) in [5.74, 6) is 1.24. The standard InChI is InChI=1S/C17H19N5O4/c1-18-16(24)9-7-20-14(22-15(23)8-3-4-8)13-11(9)21-12-10(25-2)5-6-19-17(12)26-13/h5,7-8,19,21H,3-4,6H2,1-2H3,(H,18,24)(H,20,22,23). The largest absolute Gasteiger partial charge is 0.495 e. The highest BCUT2D eigenvalue weighted by atomic mass is 16.5. The summed E-state index contributed by atoms with van der Waals surface area (Å²) in [5.41, 5.74) is 1.32. The minimum Gasteiger partial charge on any atom is -0.495 e. The lowest BCUT2D eigenvalue weighted by Crippen LogP contribution is -2.33. The van der Waals surface area contributed by atoms with Crippen LogP contribution >= 0.6 is 0 Å². The molecular formula is C17H19N5O4. The number of ether oxygens (including phenoxy) is 2. The molecule has 4 N–H and O–H groups in total. The number of hydrogen-bond acceptors (Lipinski definition) is 7. The molecule has 0 bridgehead atoms. The van der Waals surface area contributed by atoms with Crippen LogP contribution in [0, 0.1) is 5.92 Å². The Morgan fingerprint density at radius 1 is 1.38 bits per heavy atom. The molecule has 3 aliphatic rings. The molecule has 26 heavy (non-hydrogen) atoms. The number of pyridine rings is 1. The first-order chi connectivity index (χ1) is 12.6. The van der Waals surface area contributed by atoms with Crippen LogP contribution in [0.15, 0.2) is 29.6 Å². The van der Waals surface area contributed by atoms with Crippen LogP contribution in [0.4, 0.5) is 11.5 Å². The Balaban J connectivity index is 1.76. The molecule has 1 aromatic rings. The summed E-state index contributed by atoms with van der Waals surface area (Å²) in [7, 11) is 3.10. The maximum atomic E-state index is 12.2. The smallest absolute Gasteiger partial charge is 0.254 e. The minimum atomic E-state index is -0.319. The van der Waals surface area contributed by atoms with E-state index in [1.807, 2.05) is 6.08 Å². The molecule has 0 atom stereocenters. The molecule has 0 spiro atoms. The van der Waals surface area contributed by atoms with Crippen molar-refractivity contribution in [2.75, 3.05) is 31.3 Å². The van der Waals surface area contributed by atoms with Gasteiger partial charge in [0, 0.05) is 25.7 Å². The second-order valence-electron chi connectivity index (χ2n) is 6.15. The third-order valence-corrected chi connectivity index (χ3v) is 4.39. The van der Waals surface area contributed by atoms with Crippen LogP contribution in [0.5, 0.6) is 5.75 Å². The molecule has 0 aromatic carbocycles. The van der Waals surface area contributed by atoms with Gasteiger partial charge in [-0.3, -0.25) is 9.59 Å². The van der Waals surface area contributed by atoms with Crippen LogP contribution in [-0.2, 0) is 9.53 Å². The maximum absolute atomic E-state index is 12.2. The van der Waals surface area contributed by atoms with E-state index in [0.717, 1.165) is 12.8 Å². The number of nitrogens with zero attached hydrogens (tertiary/aromatic N) is 1. The molecule has 3 heterocycles. The van der Waals surface area contributed by atoms with Crippen LogP contribution in [-0.4, -0.2) is 37.5 Å². The van der Waals surface area contributed by atoms with Gasteiger partial charge in [-0.2, -0.15) is 0 Å². The Morgan fingerprint density at radius 3 is 2.88 bits per heavy atom. The van der Waals surface area contributed by atoms with E-state index >= 15 is 0 Å². The summed E-state index contributed by atoms with van der Waals surface area (Å²) in [6.07, 6.45) is 5.02. The number of rotatable bonds is 4. The number of carbonyl (C=O) groups excluding carboxylic acids is 2. The van der Waals surface area contributed by atoms with Gasteiger partial charge in [0.15, 0.2) is 11.6 Å². The summed E-state index contributed by atoms with van der Waals surface area (Å²) >= 11 is 0. The fourth-order valence-electron chi connectivity index (χ4n) is 2.83. The van der Waals surface area contributed by atoms with E-state index < -0.39 is 0 Å². The van der Waals surface area contributed by atoms with E-state index in [-0.39, 0.29) is 23.6 Å². The predicted octanol–water partition coefficient (Wildman–Crippen LogP) is 0.897. The van der Waals surface area contributed by atoms with Gasteiger partial charge in [-0.1, -0.05) is 0 Å². The lowest BCUT2D eigenvalue weighted by Gasteiger charge is -2.30. The molecule has 0 saturated heterocycles. The van der Waals surface area contributed by atoms with Crippen LogP contribution in [0.1, 0.15) is 23.2 Å². The number of nitrogens with one attached hydrogen (secondary N) is 4. The van der Waals surface area contributed by atoms with E-state index in [1.165, 1.54) is 13.2 Å². The van der Waals surface area contributed by atoms with Crippen LogP contribution in [0.3, 0.4) is 0 Å². The second-order valence-corrected chi connectivity index (χ2v) is 6.15. The van der Waals surface area contributed by atoms with Gasteiger partial charge in [-0.25, -0.2) is 4.98 Å². The summed E-state index contributed by atoms with van der Waals surface area (Å²) in [5, 5.41) is 11.7. The van der Waals surface area contributed by atoms with Crippen molar-refractivity contribution in [2.24, 2.45) is 5.92 Å². The number of hydrogen-bond donors (Lipinski definition) is 4. The molecule has 9 nitrogen and oxygen atoms in total. The lowest BCUT2D eigenvalue weighted by molar-refractivity contribution is -0.117. The van der Waals surface area contributed by atoms with Gasteiger partial charge in [0.05, 0.1) is 12.7 Å². The normalized spacial score (nSPS) is 17.5. The molecule has 0 radical (unpaired) electrons. The predicted molar refractivity (Wildman–Crippen MR) is 93.4 cm³/mol. The number of methoxy groups -OCH3 is 1. The number of anilines is 2. The number of amides is 2. The van der Waals surface area contributed by atoms with E-state index in [9.17, 15) is 9.59 Å². The molecule has 0 unspecified atom stereocenters. The van der Waals surface area contributed by atoms with Crippen molar-refractivity contribution in [1.29, 1.82) is 0 Å². The van der Waals surface area contributed by atoms with E-state index in [2.05, 4.69) is 26.3 Å². The molecule has 2 amide bonds. The van der Waals surface area contributed by atoms with Crippen molar-refractivity contribution in [2.45, 2.75) is 12.8 Å². The van der Waals surface area contributed by atoms with E-state index in [4.69, 9.17) is 9.47 Å². The Bertz CT molecular complexity index is 857. The van der Waals surface area contributed by atoms with Crippen molar-refractivity contribution in [3.05, 3.63) is 35.2 Å². The molecule has 136 valence electrons. The van der Waals surface area contributed by atoms with Gasteiger partial charge in [0.25, 0.3) is 5.91 Å². The first-order valence-electron chi connectivity index (χ1n) is 8.35. The van der Waals surface area contributed by atoms with Gasteiger partial charge in [-0.05, 0) is 18.9 Å². The van der Waals surface area contributed by atoms with Crippen LogP contribution in [0.2, 0.25) is 0 Å². The Hall–Kier alpha value is -3.23. The molecule has 1 fully saturated rings. The zero-order valence-electron chi connectivity index (χ0n) is 14.4. The lowest BCUT2D eigenvalue weighted by atomic mass is 10.1. The van der Waals surface area contributed by atoms with Gasteiger partial charge >= 0.3 is 0 Å². The highest BCUT2D eigenvalue weighted by Gasteiger charge is 2.34. The van der Waals surface area contributed by atoms with E-state index in [0.29, 0.717) is 40.9 Å². The van der Waals surface area contributed by atoms with E-state index in [1.54, 1.807) is 7.11 Å². The zero-order chi connectivity index (χ0) is 18.3. The SMILES string of the molecule is CNC(=O)c1cnc(NC(=O)C2CC2)c2c1NC1=C(NCC=C1OC)O2. The molecule has 2 aliphatic heterocycles. The molecule has 4 rings (SSSR count). The van der Waals surface area contributed by atoms with Gasteiger partial charge in [0.2, 0.25) is 11.8 Å². The van der Waals surface area contributed by atoms with Gasteiger partial charge in [-0.15, -0.1) is 0 Å². The van der Waals surface area contributed by atoms with Gasteiger partial charge < -0.3 is 30.7 Å². The Morgan fingerprint density at radius 2 is 2.19 bits per heavy atom. The number of fused-ring (bicyclic) bond motifs is 1. The second kappa shape index (κ2) is 6.25. The first kappa shape index (κ1) is 16.2. The zero-order valence-corrected chi connectivity index (χ0v) is 14.4. The average molecular weight is 357 g/mol. The fourth-order valence-corrected chi connectivity index (χ4v) is 2.83. The monoisotopic (exact) mass is 357 g/mol. The molecule has 1 aliphatic carbocycles. The van der Waals surface area contributed by atoms with Crippen LogP contribution in [0.25, 0.3) is 0 Å². The summed E-state index contributed by atoms with van der Waals surface area (Å²) in [4.78, 5) is 28.6. The Kier molecular flexibility index (Phi) is 3.90. The number of carbonyl (C=O) groups is 2. The highest BCUT2D eigenvalue weighted by molar-refractivity contribution is 6.04. The van der Waals surface area contributed by atoms with Crippen molar-refractivity contribution < 1.29 is 19.1 Å². The average Bonchev–Trinajstić information content (AvgIpc) is 3.51. The molecule has 9 heteroatoms. The summed E-state index contributed by atoms with van der Waals surface area (Å²) in [6.45, 7) is 0.533. The van der Waals surface area contributed by atoms with Crippen molar-refractivity contribution in [1.82, 2.24) is 15.6 Å². The fraction of sp³-hybridized carbons (Fsp3) is 0.353. The third kappa shape index (κ3) is 2.71.